The Balaban J connectivity index is 1.62. The Labute approximate surface area is 157 Å². The number of hydrogen-bond acceptors (Lipinski definition) is 4. The molecule has 0 spiro atoms. The number of nitrogens with one attached hydrogen (secondary N) is 1. The molecule has 25 heavy (non-hydrogen) atoms. The monoisotopic (exact) mass is 378 g/mol. The molecule has 5 nitrogen and oxygen atoms in total. The Hall–Kier alpha value is -1.53. The second kappa shape index (κ2) is 7.38. The highest BCUT2D eigenvalue weighted by atomic mass is 35.5. The molecule has 1 aliphatic rings. The molecule has 1 aromatic heterocycles. The lowest BCUT2D eigenvalue weighted by Gasteiger charge is -2.15. The zero-order valence-corrected chi connectivity index (χ0v) is 16.3. The quantitative estimate of drug-likeness (QED) is 0.748. The van der Waals surface area contributed by atoms with Crippen molar-refractivity contribution in [2.75, 3.05) is 5.75 Å². The molecule has 0 bridgehead atoms. The SMILES string of the molecule is CC(C)CSc1nnc(CNC(=O)C2(c3ccc(Cl)cc3)CC2)n1C. The van der Waals surface area contributed by atoms with Crippen molar-refractivity contribution in [1.29, 1.82) is 0 Å². The van der Waals surface area contributed by atoms with Crippen LogP contribution in [0.4, 0.5) is 0 Å². The number of rotatable bonds is 7. The third-order valence-corrected chi connectivity index (χ3v) is 6.16. The van der Waals surface area contributed by atoms with Gasteiger partial charge in [-0.25, -0.2) is 0 Å². The topological polar surface area (TPSA) is 59.8 Å². The van der Waals surface area contributed by atoms with Crippen molar-refractivity contribution in [1.82, 2.24) is 20.1 Å². The van der Waals surface area contributed by atoms with Crippen molar-refractivity contribution in [3.63, 3.8) is 0 Å². The van der Waals surface area contributed by atoms with E-state index in [0.29, 0.717) is 17.5 Å². The maximum Gasteiger partial charge on any atom is 0.231 e. The molecule has 2 aromatic rings. The van der Waals surface area contributed by atoms with Crippen LogP contribution >= 0.6 is 23.4 Å². The van der Waals surface area contributed by atoms with Crippen LogP contribution in [0.3, 0.4) is 0 Å². The van der Waals surface area contributed by atoms with Gasteiger partial charge in [-0.3, -0.25) is 4.79 Å². The van der Waals surface area contributed by atoms with Crippen LogP contribution in [0.5, 0.6) is 0 Å². The Kier molecular flexibility index (Phi) is 5.39. The molecule has 1 saturated carbocycles. The van der Waals surface area contributed by atoms with E-state index in [2.05, 4.69) is 29.4 Å². The molecular weight excluding hydrogens is 356 g/mol. The maximum atomic E-state index is 12.7. The summed E-state index contributed by atoms with van der Waals surface area (Å²) < 4.78 is 1.95. The zero-order valence-electron chi connectivity index (χ0n) is 14.8. The molecule has 1 fully saturated rings. The second-order valence-corrected chi connectivity index (χ2v) is 8.36. The molecule has 134 valence electrons. The van der Waals surface area contributed by atoms with Crippen LogP contribution < -0.4 is 5.32 Å². The van der Waals surface area contributed by atoms with Gasteiger partial charge in [0.15, 0.2) is 11.0 Å². The van der Waals surface area contributed by atoms with Crippen molar-refractivity contribution >= 4 is 29.3 Å². The lowest BCUT2D eigenvalue weighted by molar-refractivity contribution is -0.123. The van der Waals surface area contributed by atoms with Crippen molar-refractivity contribution in [3.05, 3.63) is 40.7 Å². The van der Waals surface area contributed by atoms with Gasteiger partial charge >= 0.3 is 0 Å². The minimum atomic E-state index is -0.404. The predicted octanol–water partition coefficient (Wildman–Crippen LogP) is 3.56. The fraction of sp³-hybridized carbons (Fsp3) is 0.500. The van der Waals surface area contributed by atoms with Gasteiger partial charge in [0.25, 0.3) is 0 Å². The molecule has 0 aliphatic heterocycles. The summed E-state index contributed by atoms with van der Waals surface area (Å²) in [5.41, 5.74) is 0.624. The number of halogens is 1. The fourth-order valence-corrected chi connectivity index (χ4v) is 3.74. The summed E-state index contributed by atoms with van der Waals surface area (Å²) in [4.78, 5) is 12.7. The van der Waals surface area contributed by atoms with Crippen molar-refractivity contribution in [2.24, 2.45) is 13.0 Å². The Morgan fingerprint density at radius 1 is 1.32 bits per heavy atom. The highest BCUT2D eigenvalue weighted by molar-refractivity contribution is 7.99. The third kappa shape index (κ3) is 4.01. The van der Waals surface area contributed by atoms with Crippen molar-refractivity contribution < 1.29 is 4.79 Å². The first-order valence-electron chi connectivity index (χ1n) is 8.48. The molecule has 1 aromatic carbocycles. The summed E-state index contributed by atoms with van der Waals surface area (Å²) in [6.07, 6.45) is 1.74. The lowest BCUT2D eigenvalue weighted by Crippen LogP contribution is -2.35. The molecule has 0 saturated heterocycles. The standard InChI is InChI=1S/C18H23ClN4OS/c1-12(2)11-25-17-22-21-15(23(17)3)10-20-16(24)18(8-9-18)13-4-6-14(19)7-5-13/h4-7,12H,8-11H2,1-3H3,(H,20,24). The van der Waals surface area contributed by atoms with E-state index in [0.717, 1.165) is 35.1 Å². The van der Waals surface area contributed by atoms with E-state index >= 15 is 0 Å². The van der Waals surface area contributed by atoms with Gasteiger partial charge in [0.2, 0.25) is 5.91 Å². The van der Waals surface area contributed by atoms with Gasteiger partial charge in [-0.1, -0.05) is 49.3 Å². The van der Waals surface area contributed by atoms with Crippen molar-refractivity contribution in [2.45, 2.75) is 43.8 Å². The second-order valence-electron chi connectivity index (χ2n) is 6.93. The van der Waals surface area contributed by atoms with E-state index in [9.17, 15) is 4.79 Å². The van der Waals surface area contributed by atoms with E-state index < -0.39 is 5.41 Å². The number of aromatic nitrogens is 3. The fourth-order valence-electron chi connectivity index (χ4n) is 2.74. The Bertz CT molecular complexity index is 753. The van der Waals surface area contributed by atoms with E-state index in [-0.39, 0.29) is 5.91 Å². The first kappa shape index (κ1) is 18.3. The molecule has 7 heteroatoms. The first-order chi connectivity index (χ1) is 11.9. The van der Waals surface area contributed by atoms with Gasteiger partial charge in [0.05, 0.1) is 12.0 Å². The minimum Gasteiger partial charge on any atom is -0.348 e. The molecule has 3 rings (SSSR count). The van der Waals surface area contributed by atoms with E-state index in [1.54, 1.807) is 11.8 Å². The average molecular weight is 379 g/mol. The minimum absolute atomic E-state index is 0.0502. The van der Waals surface area contributed by atoms with Gasteiger partial charge in [0, 0.05) is 17.8 Å². The van der Waals surface area contributed by atoms with Gasteiger partial charge in [-0.2, -0.15) is 0 Å². The van der Waals surface area contributed by atoms with Crippen LogP contribution in [0.1, 0.15) is 38.1 Å². The van der Waals surface area contributed by atoms with Crippen LogP contribution in [0.15, 0.2) is 29.4 Å². The summed E-state index contributed by atoms with van der Waals surface area (Å²) >= 11 is 7.64. The molecule has 1 N–H and O–H groups in total. The Morgan fingerprint density at radius 3 is 2.60 bits per heavy atom. The van der Waals surface area contributed by atoms with Gasteiger partial charge in [0.1, 0.15) is 0 Å². The molecule has 0 unspecified atom stereocenters. The molecule has 0 radical (unpaired) electrons. The van der Waals surface area contributed by atoms with Crippen LogP contribution in [-0.4, -0.2) is 26.4 Å². The zero-order chi connectivity index (χ0) is 18.0. The molecule has 1 aliphatic carbocycles. The summed E-state index contributed by atoms with van der Waals surface area (Å²) in [6, 6.07) is 7.56. The summed E-state index contributed by atoms with van der Waals surface area (Å²) in [5.74, 6) is 2.41. The van der Waals surface area contributed by atoms with E-state index in [1.165, 1.54) is 0 Å². The van der Waals surface area contributed by atoms with Gasteiger partial charge in [-0.15, -0.1) is 10.2 Å². The summed E-state index contributed by atoms with van der Waals surface area (Å²) in [5, 5.41) is 13.0. The number of nitrogens with zero attached hydrogens (tertiary/aromatic N) is 3. The maximum absolute atomic E-state index is 12.7. The van der Waals surface area contributed by atoms with Crippen LogP contribution in [-0.2, 0) is 23.8 Å². The lowest BCUT2D eigenvalue weighted by atomic mass is 9.95. The highest BCUT2D eigenvalue weighted by Crippen LogP contribution is 2.48. The van der Waals surface area contributed by atoms with Crippen LogP contribution in [0.25, 0.3) is 0 Å². The van der Waals surface area contributed by atoms with Gasteiger partial charge < -0.3 is 9.88 Å². The molecule has 1 amide bonds. The largest absolute Gasteiger partial charge is 0.348 e. The Morgan fingerprint density at radius 2 is 2.00 bits per heavy atom. The van der Waals surface area contributed by atoms with Crippen molar-refractivity contribution in [3.8, 4) is 0 Å². The van der Waals surface area contributed by atoms with E-state index in [4.69, 9.17) is 11.6 Å². The first-order valence-corrected chi connectivity index (χ1v) is 9.84. The predicted molar refractivity (Wildman–Crippen MR) is 101 cm³/mol. The third-order valence-electron chi connectivity index (χ3n) is 4.46. The number of hydrogen-bond donors (Lipinski definition) is 1. The normalized spacial score (nSPS) is 15.4. The highest BCUT2D eigenvalue weighted by Gasteiger charge is 2.51. The number of amides is 1. The number of carbonyl (C=O) groups excluding carboxylic acids is 1. The van der Waals surface area contributed by atoms with Crippen LogP contribution in [0.2, 0.25) is 5.02 Å². The van der Waals surface area contributed by atoms with Gasteiger partial charge in [-0.05, 0) is 36.5 Å². The smallest absolute Gasteiger partial charge is 0.231 e. The van der Waals surface area contributed by atoms with Crippen LogP contribution in [0, 0.1) is 5.92 Å². The molecule has 0 atom stereocenters. The number of benzene rings is 1. The number of thioether (sulfide) groups is 1. The summed E-state index contributed by atoms with van der Waals surface area (Å²) in [7, 11) is 1.94. The summed E-state index contributed by atoms with van der Waals surface area (Å²) in [6.45, 7) is 4.74. The number of carbonyl (C=O) groups is 1. The van der Waals surface area contributed by atoms with E-state index in [1.807, 2.05) is 35.9 Å². The average Bonchev–Trinajstić information content (AvgIpc) is 3.32. The molecular formula is C18H23ClN4OS. The molecule has 1 heterocycles.